The van der Waals surface area contributed by atoms with Crippen molar-refractivity contribution in [1.29, 1.82) is 0 Å². The van der Waals surface area contributed by atoms with E-state index < -0.39 is 21.3 Å². The van der Waals surface area contributed by atoms with Crippen molar-refractivity contribution in [2.45, 2.75) is 5.60 Å². The smallest absolute Gasteiger partial charge is 0.258 e. The molecule has 1 fully saturated rings. The maximum Gasteiger partial charge on any atom is 0.258 e. The lowest BCUT2D eigenvalue weighted by molar-refractivity contribution is -0.134. The van der Waals surface area contributed by atoms with E-state index in [-0.39, 0.29) is 11.5 Å². The summed E-state index contributed by atoms with van der Waals surface area (Å²) in [7, 11) is -1.84. The summed E-state index contributed by atoms with van der Waals surface area (Å²) < 4.78 is 29.3. The average Bonchev–Trinajstić information content (AvgIpc) is 2.79. The van der Waals surface area contributed by atoms with Crippen LogP contribution in [0.3, 0.4) is 0 Å². The first kappa shape index (κ1) is 13.1. The number of amides is 1. The predicted molar refractivity (Wildman–Crippen MR) is 72.2 cm³/mol. The van der Waals surface area contributed by atoms with E-state index in [0.717, 1.165) is 5.52 Å². The molecule has 0 saturated carbocycles. The average molecular weight is 295 g/mol. The van der Waals surface area contributed by atoms with Crippen LogP contribution >= 0.6 is 0 Å². The number of carbonyl (C=O) groups is 1. The number of carbonyl (C=O) groups excluding carboxylic acids is 1. The number of nitrogens with zero attached hydrogens (tertiary/aromatic N) is 2. The Labute approximate surface area is 115 Å². The molecule has 0 bridgehead atoms. The minimum atomic E-state index is -3.17. The lowest BCUT2D eigenvalue weighted by Gasteiger charge is -2.37. The van der Waals surface area contributed by atoms with Gasteiger partial charge in [-0.05, 0) is 12.1 Å². The van der Waals surface area contributed by atoms with Crippen LogP contribution in [0.5, 0.6) is 0 Å². The molecule has 7 nitrogen and oxygen atoms in total. The van der Waals surface area contributed by atoms with E-state index in [1.54, 1.807) is 16.8 Å². The van der Waals surface area contributed by atoms with E-state index in [4.69, 9.17) is 4.74 Å². The fourth-order valence-electron chi connectivity index (χ4n) is 2.28. The fraction of sp³-hybridized carbons (Fsp3) is 0.333. The minimum absolute atomic E-state index is 0.290. The van der Waals surface area contributed by atoms with Crippen LogP contribution in [-0.2, 0) is 19.4 Å². The molecule has 1 N–H and O–H groups in total. The summed E-state index contributed by atoms with van der Waals surface area (Å²) >= 11 is 0. The summed E-state index contributed by atoms with van der Waals surface area (Å²) in [5.74, 6) is -1.04. The zero-order valence-electron chi connectivity index (χ0n) is 10.7. The van der Waals surface area contributed by atoms with Gasteiger partial charge in [0, 0.05) is 13.3 Å². The van der Waals surface area contributed by atoms with Gasteiger partial charge in [-0.3, -0.25) is 4.79 Å². The minimum Gasteiger partial charge on any atom is -0.366 e. The molecular weight excluding hydrogens is 282 g/mol. The Morgan fingerprint density at radius 2 is 2.20 bits per heavy atom. The van der Waals surface area contributed by atoms with E-state index in [1.807, 2.05) is 12.1 Å². The molecule has 0 unspecified atom stereocenters. The van der Waals surface area contributed by atoms with Gasteiger partial charge in [0.05, 0.1) is 28.9 Å². The molecule has 0 aliphatic carbocycles. The number of nitrogens with one attached hydrogen (secondary N) is 1. The van der Waals surface area contributed by atoms with E-state index in [0.29, 0.717) is 5.69 Å². The van der Waals surface area contributed by atoms with Gasteiger partial charge in [0.2, 0.25) is 0 Å². The highest BCUT2D eigenvalue weighted by molar-refractivity contribution is 7.93. The van der Waals surface area contributed by atoms with Gasteiger partial charge < -0.3 is 10.1 Å². The SMILES string of the molecule is COC1(C(=O)Nc2cnn3ccccc23)CS(=O)(=O)C1. The standard InChI is InChI=1S/C12H13N3O4S/c1-19-12(7-20(17,18)8-12)11(16)14-9-6-13-15-5-3-2-4-10(9)15/h2-6H,7-8H2,1H3,(H,14,16). The molecule has 1 amide bonds. The second kappa shape index (κ2) is 4.29. The molecule has 1 aliphatic heterocycles. The van der Waals surface area contributed by atoms with Crippen molar-refractivity contribution in [3.63, 3.8) is 0 Å². The Bertz CT molecular complexity index is 769. The summed E-state index contributed by atoms with van der Waals surface area (Å²) in [5, 5.41) is 6.78. The van der Waals surface area contributed by atoms with Crippen LogP contribution in [0.1, 0.15) is 0 Å². The number of sulfone groups is 1. The third-order valence-electron chi connectivity index (χ3n) is 3.39. The molecule has 2 aromatic rings. The maximum atomic E-state index is 12.2. The highest BCUT2D eigenvalue weighted by Crippen LogP contribution is 2.29. The maximum absolute atomic E-state index is 12.2. The number of fused-ring (bicyclic) bond motifs is 1. The number of ether oxygens (including phenoxy) is 1. The number of rotatable bonds is 3. The molecule has 0 aromatic carbocycles. The Morgan fingerprint density at radius 3 is 2.85 bits per heavy atom. The number of pyridine rings is 1. The van der Waals surface area contributed by atoms with Crippen molar-refractivity contribution in [2.75, 3.05) is 23.9 Å². The number of hydrogen-bond acceptors (Lipinski definition) is 5. The van der Waals surface area contributed by atoms with Crippen molar-refractivity contribution in [3.8, 4) is 0 Å². The van der Waals surface area contributed by atoms with Crippen LogP contribution in [0.4, 0.5) is 5.69 Å². The number of anilines is 1. The zero-order chi connectivity index (χ0) is 14.4. The molecule has 3 rings (SSSR count). The predicted octanol–water partition coefficient (Wildman–Crippen LogP) is 0.0864. The largest absolute Gasteiger partial charge is 0.366 e. The van der Waals surface area contributed by atoms with Crippen LogP contribution in [0.15, 0.2) is 30.6 Å². The van der Waals surface area contributed by atoms with E-state index in [9.17, 15) is 13.2 Å². The van der Waals surface area contributed by atoms with Crippen LogP contribution in [0.2, 0.25) is 0 Å². The molecule has 0 atom stereocenters. The van der Waals surface area contributed by atoms with Crippen molar-refractivity contribution in [3.05, 3.63) is 30.6 Å². The van der Waals surface area contributed by atoms with Crippen LogP contribution in [0, 0.1) is 0 Å². The summed E-state index contributed by atoms with van der Waals surface area (Å²) in [6.45, 7) is 0. The molecule has 8 heteroatoms. The highest BCUT2D eigenvalue weighted by Gasteiger charge is 2.55. The van der Waals surface area contributed by atoms with Crippen molar-refractivity contribution >= 4 is 26.9 Å². The number of methoxy groups -OCH3 is 1. The quantitative estimate of drug-likeness (QED) is 0.866. The topological polar surface area (TPSA) is 89.8 Å². The van der Waals surface area contributed by atoms with Gasteiger partial charge in [-0.25, -0.2) is 12.9 Å². The molecule has 0 radical (unpaired) electrons. The molecule has 106 valence electrons. The van der Waals surface area contributed by atoms with Crippen LogP contribution in [-0.4, -0.2) is 48.2 Å². The Morgan fingerprint density at radius 1 is 1.45 bits per heavy atom. The van der Waals surface area contributed by atoms with Crippen molar-refractivity contribution < 1.29 is 17.9 Å². The molecule has 2 aromatic heterocycles. The summed E-state index contributed by atoms with van der Waals surface area (Å²) in [4.78, 5) is 12.2. The lowest BCUT2D eigenvalue weighted by atomic mass is 10.1. The van der Waals surface area contributed by atoms with Crippen molar-refractivity contribution in [2.24, 2.45) is 0 Å². The van der Waals surface area contributed by atoms with Crippen LogP contribution in [0.25, 0.3) is 5.52 Å². The van der Waals surface area contributed by atoms with E-state index in [2.05, 4.69) is 10.4 Å². The highest BCUT2D eigenvalue weighted by atomic mass is 32.2. The van der Waals surface area contributed by atoms with Gasteiger partial charge in [0.15, 0.2) is 15.4 Å². The monoisotopic (exact) mass is 295 g/mol. The summed E-state index contributed by atoms with van der Waals surface area (Å²) in [5.41, 5.74) is -0.0346. The van der Waals surface area contributed by atoms with E-state index >= 15 is 0 Å². The van der Waals surface area contributed by atoms with Gasteiger partial charge in [0.25, 0.3) is 5.91 Å². The molecule has 0 spiro atoms. The normalized spacial score (nSPS) is 19.4. The third-order valence-corrected chi connectivity index (χ3v) is 5.20. The number of hydrogen-bond donors (Lipinski definition) is 1. The molecular formula is C12H13N3O4S. The molecule has 3 heterocycles. The fourth-order valence-corrected chi connectivity index (χ4v) is 4.11. The molecule has 20 heavy (non-hydrogen) atoms. The number of aromatic nitrogens is 2. The van der Waals surface area contributed by atoms with E-state index in [1.165, 1.54) is 13.3 Å². The summed E-state index contributed by atoms with van der Waals surface area (Å²) in [6.07, 6.45) is 3.27. The first-order chi connectivity index (χ1) is 9.46. The van der Waals surface area contributed by atoms with Crippen LogP contribution < -0.4 is 5.32 Å². The second-order valence-corrected chi connectivity index (χ2v) is 6.84. The third kappa shape index (κ3) is 1.97. The van der Waals surface area contributed by atoms with Gasteiger partial charge in [0.1, 0.15) is 0 Å². The van der Waals surface area contributed by atoms with Gasteiger partial charge in [-0.15, -0.1) is 0 Å². The first-order valence-corrected chi connectivity index (χ1v) is 7.77. The Hall–Kier alpha value is -1.93. The molecule has 1 saturated heterocycles. The molecule has 1 aliphatic rings. The van der Waals surface area contributed by atoms with Gasteiger partial charge in [-0.1, -0.05) is 6.07 Å². The van der Waals surface area contributed by atoms with Gasteiger partial charge >= 0.3 is 0 Å². The summed E-state index contributed by atoms with van der Waals surface area (Å²) in [6, 6.07) is 5.45. The lowest BCUT2D eigenvalue weighted by Crippen LogP contribution is -2.63. The Balaban J connectivity index is 1.86. The van der Waals surface area contributed by atoms with Gasteiger partial charge in [-0.2, -0.15) is 5.10 Å². The Kier molecular flexibility index (Phi) is 2.80. The van der Waals surface area contributed by atoms with Crippen molar-refractivity contribution in [1.82, 2.24) is 9.61 Å². The second-order valence-electron chi connectivity index (χ2n) is 4.77. The first-order valence-electron chi connectivity index (χ1n) is 5.95. The zero-order valence-corrected chi connectivity index (χ0v) is 11.6.